The van der Waals surface area contributed by atoms with Gasteiger partial charge in [0.15, 0.2) is 5.82 Å². The maximum absolute atomic E-state index is 14.1. The predicted molar refractivity (Wildman–Crippen MR) is 107 cm³/mol. The van der Waals surface area contributed by atoms with Crippen molar-refractivity contribution in [1.29, 1.82) is 0 Å². The van der Waals surface area contributed by atoms with E-state index in [0.29, 0.717) is 30.3 Å². The van der Waals surface area contributed by atoms with Gasteiger partial charge in [0.05, 0.1) is 11.7 Å². The van der Waals surface area contributed by atoms with E-state index < -0.39 is 6.10 Å². The molecule has 1 aromatic carbocycles. The summed E-state index contributed by atoms with van der Waals surface area (Å²) >= 11 is 0. The summed E-state index contributed by atoms with van der Waals surface area (Å²) in [7, 11) is 0. The number of hydrogen-bond donors (Lipinski definition) is 3. The van der Waals surface area contributed by atoms with Crippen LogP contribution in [0.1, 0.15) is 25.0 Å². The van der Waals surface area contributed by atoms with E-state index in [4.69, 9.17) is 4.74 Å². The van der Waals surface area contributed by atoms with Crippen molar-refractivity contribution in [2.75, 3.05) is 19.8 Å². The third-order valence-corrected chi connectivity index (χ3v) is 6.21. The standard InChI is InChI=1S/C22H28FN3O3/c23-19-4-2-1-3-16(19)22-24-8-5-15(26-22)11-17-18(13-27)21(28)12-20(17)25-14-6-9-29-10-7-14/h1-5,8,14,17-18,20-21,25,27-28H,6-7,9-13H2/t17-,18-,20-,21-/m1/s1. The van der Waals surface area contributed by atoms with Gasteiger partial charge in [0.25, 0.3) is 0 Å². The summed E-state index contributed by atoms with van der Waals surface area (Å²) in [5, 5.41) is 24.1. The van der Waals surface area contributed by atoms with Crippen LogP contribution >= 0.6 is 0 Å². The number of ether oxygens (including phenoxy) is 1. The highest BCUT2D eigenvalue weighted by Crippen LogP contribution is 2.35. The molecule has 2 aromatic rings. The van der Waals surface area contributed by atoms with Crippen molar-refractivity contribution in [3.8, 4) is 11.4 Å². The number of rotatable bonds is 6. The summed E-state index contributed by atoms with van der Waals surface area (Å²) in [6.07, 6.45) is 4.20. The quantitative estimate of drug-likeness (QED) is 0.686. The molecule has 2 fully saturated rings. The van der Waals surface area contributed by atoms with Crippen LogP contribution in [0.5, 0.6) is 0 Å². The first-order chi connectivity index (χ1) is 14.2. The Morgan fingerprint density at radius 3 is 2.69 bits per heavy atom. The number of aliphatic hydroxyl groups is 2. The molecule has 0 unspecified atom stereocenters. The molecule has 1 aliphatic heterocycles. The van der Waals surface area contributed by atoms with Crippen LogP contribution in [0.2, 0.25) is 0 Å². The second kappa shape index (κ2) is 9.26. The summed E-state index contributed by atoms with van der Waals surface area (Å²) in [4.78, 5) is 8.81. The van der Waals surface area contributed by atoms with Crippen molar-refractivity contribution in [3.63, 3.8) is 0 Å². The molecular formula is C22H28FN3O3. The van der Waals surface area contributed by atoms with Crippen LogP contribution in [-0.2, 0) is 11.2 Å². The molecule has 0 bridgehead atoms. The van der Waals surface area contributed by atoms with Crippen molar-refractivity contribution in [3.05, 3.63) is 48.0 Å². The topological polar surface area (TPSA) is 87.5 Å². The fourth-order valence-electron chi connectivity index (χ4n) is 4.63. The maximum Gasteiger partial charge on any atom is 0.162 e. The lowest BCUT2D eigenvalue weighted by molar-refractivity contribution is 0.0678. The first kappa shape index (κ1) is 20.3. The Balaban J connectivity index is 1.53. The third-order valence-electron chi connectivity index (χ3n) is 6.21. The lowest BCUT2D eigenvalue weighted by atomic mass is 9.88. The average molecular weight is 401 g/mol. The second-order valence-electron chi connectivity index (χ2n) is 8.03. The molecule has 1 aliphatic carbocycles. The molecule has 1 aromatic heterocycles. The first-order valence-electron chi connectivity index (χ1n) is 10.3. The van der Waals surface area contributed by atoms with E-state index >= 15 is 0 Å². The second-order valence-corrected chi connectivity index (χ2v) is 8.03. The summed E-state index contributed by atoms with van der Waals surface area (Å²) in [5.74, 6) is -0.165. The predicted octanol–water partition coefficient (Wildman–Crippen LogP) is 1.95. The van der Waals surface area contributed by atoms with Crippen LogP contribution in [0.15, 0.2) is 36.5 Å². The molecule has 2 heterocycles. The Bertz CT molecular complexity index is 815. The lowest BCUT2D eigenvalue weighted by Gasteiger charge is -2.31. The van der Waals surface area contributed by atoms with Gasteiger partial charge in [-0.15, -0.1) is 0 Å². The smallest absolute Gasteiger partial charge is 0.162 e. The minimum atomic E-state index is -0.546. The molecule has 0 radical (unpaired) electrons. The van der Waals surface area contributed by atoms with Crippen LogP contribution in [0.25, 0.3) is 11.4 Å². The van der Waals surface area contributed by atoms with Gasteiger partial charge in [-0.2, -0.15) is 0 Å². The molecule has 29 heavy (non-hydrogen) atoms. The van der Waals surface area contributed by atoms with Gasteiger partial charge in [0, 0.05) is 49.7 Å². The number of aliphatic hydroxyl groups excluding tert-OH is 2. The molecule has 0 amide bonds. The Labute approximate surface area is 170 Å². The van der Waals surface area contributed by atoms with Gasteiger partial charge in [-0.25, -0.2) is 14.4 Å². The van der Waals surface area contributed by atoms with E-state index in [9.17, 15) is 14.6 Å². The fourth-order valence-corrected chi connectivity index (χ4v) is 4.63. The van der Waals surface area contributed by atoms with E-state index in [1.54, 1.807) is 24.4 Å². The Morgan fingerprint density at radius 2 is 1.93 bits per heavy atom. The monoisotopic (exact) mass is 401 g/mol. The highest BCUT2D eigenvalue weighted by atomic mass is 19.1. The Morgan fingerprint density at radius 1 is 1.14 bits per heavy atom. The van der Waals surface area contributed by atoms with Crippen molar-refractivity contribution < 1.29 is 19.3 Å². The van der Waals surface area contributed by atoms with Crippen LogP contribution in [0, 0.1) is 17.7 Å². The maximum atomic E-state index is 14.1. The number of aromatic nitrogens is 2. The van der Waals surface area contributed by atoms with Gasteiger partial charge in [0.1, 0.15) is 5.82 Å². The van der Waals surface area contributed by atoms with Crippen LogP contribution in [-0.4, -0.2) is 58.2 Å². The number of nitrogens with zero attached hydrogens (tertiary/aromatic N) is 2. The minimum absolute atomic E-state index is 0.0428. The summed E-state index contributed by atoms with van der Waals surface area (Å²) in [5.41, 5.74) is 1.16. The summed E-state index contributed by atoms with van der Waals surface area (Å²) < 4.78 is 19.6. The molecule has 4 rings (SSSR count). The largest absolute Gasteiger partial charge is 0.396 e. The zero-order valence-electron chi connectivity index (χ0n) is 16.4. The number of hydrogen-bond acceptors (Lipinski definition) is 6. The zero-order valence-corrected chi connectivity index (χ0v) is 16.4. The molecule has 0 spiro atoms. The van der Waals surface area contributed by atoms with Crippen molar-refractivity contribution in [2.45, 2.75) is 43.9 Å². The molecular weight excluding hydrogens is 373 g/mol. The van der Waals surface area contributed by atoms with E-state index in [0.717, 1.165) is 31.7 Å². The highest BCUT2D eigenvalue weighted by Gasteiger charge is 2.43. The Kier molecular flexibility index (Phi) is 6.50. The van der Waals surface area contributed by atoms with Crippen molar-refractivity contribution >= 4 is 0 Å². The van der Waals surface area contributed by atoms with Gasteiger partial charge in [-0.3, -0.25) is 0 Å². The van der Waals surface area contributed by atoms with Crippen LogP contribution in [0.3, 0.4) is 0 Å². The van der Waals surface area contributed by atoms with E-state index in [2.05, 4.69) is 15.3 Å². The van der Waals surface area contributed by atoms with E-state index in [1.165, 1.54) is 6.07 Å². The van der Waals surface area contributed by atoms with Gasteiger partial charge >= 0.3 is 0 Å². The van der Waals surface area contributed by atoms with Crippen LogP contribution in [0.4, 0.5) is 4.39 Å². The molecule has 4 atom stereocenters. The molecule has 7 heteroatoms. The molecule has 2 aliphatic rings. The summed E-state index contributed by atoms with van der Waals surface area (Å²) in [6.45, 7) is 1.43. The molecule has 1 saturated heterocycles. The number of benzene rings is 1. The SMILES string of the molecule is OC[C@@H]1[C@@H](Cc2ccnc(-c3ccccc3F)n2)[C@H](NC2CCOCC2)C[C@H]1O. The van der Waals surface area contributed by atoms with Crippen LogP contribution < -0.4 is 5.32 Å². The minimum Gasteiger partial charge on any atom is -0.396 e. The Hall–Kier alpha value is -1.93. The third kappa shape index (κ3) is 4.64. The molecule has 1 saturated carbocycles. The van der Waals surface area contributed by atoms with Gasteiger partial charge in [-0.1, -0.05) is 12.1 Å². The zero-order chi connectivity index (χ0) is 20.2. The summed E-state index contributed by atoms with van der Waals surface area (Å²) in [6, 6.07) is 8.75. The molecule has 6 nitrogen and oxygen atoms in total. The number of nitrogens with one attached hydrogen (secondary N) is 1. The van der Waals surface area contributed by atoms with Gasteiger partial charge in [-0.05, 0) is 49.8 Å². The number of halogens is 1. The highest BCUT2D eigenvalue weighted by molar-refractivity contribution is 5.55. The fraction of sp³-hybridized carbons (Fsp3) is 0.545. The van der Waals surface area contributed by atoms with Crippen molar-refractivity contribution in [2.24, 2.45) is 11.8 Å². The van der Waals surface area contributed by atoms with Gasteiger partial charge in [0.2, 0.25) is 0 Å². The normalized spacial score (nSPS) is 28.0. The van der Waals surface area contributed by atoms with Crippen molar-refractivity contribution in [1.82, 2.24) is 15.3 Å². The lowest BCUT2D eigenvalue weighted by Crippen LogP contribution is -2.44. The van der Waals surface area contributed by atoms with E-state index in [1.807, 2.05) is 6.07 Å². The van der Waals surface area contributed by atoms with Gasteiger partial charge < -0.3 is 20.3 Å². The van der Waals surface area contributed by atoms with E-state index in [-0.39, 0.29) is 30.3 Å². The first-order valence-corrected chi connectivity index (χ1v) is 10.3. The average Bonchev–Trinajstić information content (AvgIpc) is 3.03. The molecule has 3 N–H and O–H groups in total. The molecule has 156 valence electrons.